The number of carbonyl (C=O) groups is 2. The molecule has 4 rings (SSSR count). The number of carbonyl (C=O) groups excluding carboxylic acids is 2. The Kier molecular flexibility index (Phi) is 9.63. The lowest BCUT2D eigenvalue weighted by Gasteiger charge is -2.30. The molecule has 3 aromatic rings. The molecule has 1 amide bonds. The molecule has 0 spiro atoms. The highest BCUT2D eigenvalue weighted by Crippen LogP contribution is 2.35. The summed E-state index contributed by atoms with van der Waals surface area (Å²) in [5.41, 5.74) is 5.39. The third-order valence-corrected chi connectivity index (χ3v) is 7.63. The van der Waals surface area contributed by atoms with Crippen molar-refractivity contribution in [3.63, 3.8) is 0 Å². The number of halogens is 1. The maximum Gasteiger partial charge on any atom is 0.330 e. The van der Waals surface area contributed by atoms with E-state index in [1.54, 1.807) is 11.0 Å². The highest BCUT2D eigenvalue weighted by Gasteiger charge is 2.27. The summed E-state index contributed by atoms with van der Waals surface area (Å²) in [4.78, 5) is 29.2. The minimum atomic E-state index is -0.443. The standard InChI is InChI=1S/C33H34ClN3O3/c1-36(2)27-14-16-30(31(34)20-27)29-15-12-24(18-26(29)21-35)22-37(33(39)25-9-5-4-6-10-25)28-11-7-8-23(19-28)13-17-32(38)40-3/h7-8,11-20,25H,4-6,9-10,22H2,1-3H3/b17-13+. The number of hydrogen-bond donors (Lipinski definition) is 0. The molecule has 7 heteroatoms. The molecule has 0 aliphatic heterocycles. The van der Waals surface area contributed by atoms with Crippen molar-refractivity contribution in [1.29, 1.82) is 5.26 Å². The quantitative estimate of drug-likeness (QED) is 0.216. The summed E-state index contributed by atoms with van der Waals surface area (Å²) < 4.78 is 4.71. The SMILES string of the molecule is COC(=O)/C=C/c1cccc(N(Cc2ccc(-c3ccc(N(C)C)cc3Cl)c(C#N)c2)C(=O)C2CCCCC2)c1. The number of methoxy groups -OCH3 is 1. The molecule has 1 fully saturated rings. The van der Waals surface area contributed by atoms with Crippen LogP contribution in [0.3, 0.4) is 0 Å². The van der Waals surface area contributed by atoms with E-state index in [1.165, 1.54) is 13.2 Å². The third-order valence-electron chi connectivity index (χ3n) is 7.32. The van der Waals surface area contributed by atoms with Crippen LogP contribution in [0.15, 0.2) is 66.7 Å². The third kappa shape index (κ3) is 6.91. The first-order chi connectivity index (χ1) is 19.3. The van der Waals surface area contributed by atoms with Gasteiger partial charge in [-0.15, -0.1) is 0 Å². The molecular weight excluding hydrogens is 522 g/mol. The van der Waals surface area contributed by atoms with Crippen molar-refractivity contribution in [2.24, 2.45) is 5.92 Å². The van der Waals surface area contributed by atoms with E-state index in [4.69, 9.17) is 16.3 Å². The van der Waals surface area contributed by atoms with Crippen molar-refractivity contribution in [3.8, 4) is 17.2 Å². The number of hydrogen-bond acceptors (Lipinski definition) is 5. The number of nitrogens with zero attached hydrogens (tertiary/aromatic N) is 3. The number of rotatable bonds is 8. The summed E-state index contributed by atoms with van der Waals surface area (Å²) in [5.74, 6) is -0.397. The van der Waals surface area contributed by atoms with Crippen LogP contribution in [0.25, 0.3) is 17.2 Å². The number of nitriles is 1. The summed E-state index contributed by atoms with van der Waals surface area (Å²) in [7, 11) is 5.24. The smallest absolute Gasteiger partial charge is 0.330 e. The molecular formula is C33H34ClN3O3. The Hall–Kier alpha value is -4.08. The van der Waals surface area contributed by atoms with Gasteiger partial charge in [-0.25, -0.2) is 4.79 Å². The first-order valence-corrected chi connectivity index (χ1v) is 13.9. The van der Waals surface area contributed by atoms with Gasteiger partial charge in [-0.2, -0.15) is 5.26 Å². The van der Waals surface area contributed by atoms with Gasteiger partial charge in [0.2, 0.25) is 5.91 Å². The fraction of sp³-hybridized carbons (Fsp3) is 0.303. The van der Waals surface area contributed by atoms with E-state index in [0.717, 1.165) is 65.7 Å². The molecule has 206 valence electrons. The van der Waals surface area contributed by atoms with Crippen molar-refractivity contribution in [2.45, 2.75) is 38.6 Å². The molecule has 40 heavy (non-hydrogen) atoms. The lowest BCUT2D eigenvalue weighted by molar-refractivity contribution is -0.134. The van der Waals surface area contributed by atoms with Crippen molar-refractivity contribution in [2.75, 3.05) is 31.0 Å². The Morgan fingerprint density at radius 3 is 2.42 bits per heavy atom. The van der Waals surface area contributed by atoms with Gasteiger partial charge in [-0.1, -0.05) is 61.2 Å². The van der Waals surface area contributed by atoms with Crippen molar-refractivity contribution >= 4 is 40.9 Å². The Labute approximate surface area is 241 Å². The second kappa shape index (κ2) is 13.3. The zero-order chi connectivity index (χ0) is 28.6. The monoisotopic (exact) mass is 555 g/mol. The number of esters is 1. The molecule has 6 nitrogen and oxygen atoms in total. The van der Waals surface area contributed by atoms with Crippen LogP contribution in [0.5, 0.6) is 0 Å². The van der Waals surface area contributed by atoms with Crippen LogP contribution in [-0.4, -0.2) is 33.1 Å². The van der Waals surface area contributed by atoms with Crippen LogP contribution in [0, 0.1) is 17.2 Å². The molecule has 0 heterocycles. The Morgan fingerprint density at radius 2 is 1.75 bits per heavy atom. The van der Waals surface area contributed by atoms with Crippen molar-refractivity contribution in [1.82, 2.24) is 0 Å². The lowest BCUT2D eigenvalue weighted by Crippen LogP contribution is -2.36. The minimum Gasteiger partial charge on any atom is -0.466 e. The highest BCUT2D eigenvalue weighted by molar-refractivity contribution is 6.33. The van der Waals surface area contributed by atoms with Crippen LogP contribution >= 0.6 is 11.6 Å². The van der Waals surface area contributed by atoms with Crippen LogP contribution in [0.2, 0.25) is 5.02 Å². The summed E-state index contributed by atoms with van der Waals surface area (Å²) in [6, 6.07) is 21.4. The van der Waals surface area contributed by atoms with Gasteiger partial charge in [0.1, 0.15) is 0 Å². The topological polar surface area (TPSA) is 73.6 Å². The first-order valence-electron chi connectivity index (χ1n) is 13.5. The van der Waals surface area contributed by atoms with Gasteiger partial charge >= 0.3 is 5.97 Å². The Balaban J connectivity index is 1.68. The summed E-state index contributed by atoms with van der Waals surface area (Å²) in [6.45, 7) is 0.321. The summed E-state index contributed by atoms with van der Waals surface area (Å²) in [6.07, 6.45) is 8.04. The molecule has 0 unspecified atom stereocenters. The van der Waals surface area contributed by atoms with E-state index in [0.29, 0.717) is 17.1 Å². The number of ether oxygens (including phenoxy) is 1. The van der Waals surface area contributed by atoms with Crippen LogP contribution in [-0.2, 0) is 20.9 Å². The van der Waals surface area contributed by atoms with E-state index < -0.39 is 5.97 Å². The van der Waals surface area contributed by atoms with Gasteiger partial charge in [0.25, 0.3) is 0 Å². The maximum atomic E-state index is 13.8. The molecule has 1 aliphatic carbocycles. The second-order valence-electron chi connectivity index (χ2n) is 10.3. The molecule has 0 radical (unpaired) electrons. The molecule has 0 aromatic heterocycles. The van der Waals surface area contributed by atoms with E-state index in [2.05, 4.69) is 6.07 Å². The Morgan fingerprint density at radius 1 is 1.00 bits per heavy atom. The average Bonchev–Trinajstić information content (AvgIpc) is 2.98. The van der Waals surface area contributed by atoms with E-state index in [1.807, 2.05) is 79.7 Å². The molecule has 3 aromatic carbocycles. The summed E-state index contributed by atoms with van der Waals surface area (Å²) >= 11 is 6.61. The van der Waals surface area contributed by atoms with E-state index in [9.17, 15) is 14.9 Å². The molecule has 1 aliphatic rings. The second-order valence-corrected chi connectivity index (χ2v) is 10.7. The zero-order valence-electron chi connectivity index (χ0n) is 23.2. The minimum absolute atomic E-state index is 0.0354. The normalized spacial score (nSPS) is 13.6. The fourth-order valence-corrected chi connectivity index (χ4v) is 5.37. The Bertz CT molecular complexity index is 1450. The zero-order valence-corrected chi connectivity index (χ0v) is 23.9. The fourth-order valence-electron chi connectivity index (χ4n) is 5.10. The van der Waals surface area contributed by atoms with E-state index in [-0.39, 0.29) is 11.8 Å². The number of benzene rings is 3. The largest absolute Gasteiger partial charge is 0.466 e. The highest BCUT2D eigenvalue weighted by atomic mass is 35.5. The molecule has 0 atom stereocenters. The molecule has 0 N–H and O–H groups in total. The van der Waals surface area contributed by atoms with Gasteiger partial charge in [-0.3, -0.25) is 4.79 Å². The first kappa shape index (κ1) is 28.9. The van der Waals surface area contributed by atoms with Crippen LogP contribution in [0.4, 0.5) is 11.4 Å². The van der Waals surface area contributed by atoms with Gasteiger partial charge < -0.3 is 14.5 Å². The van der Waals surface area contributed by atoms with Gasteiger partial charge in [0.15, 0.2) is 0 Å². The van der Waals surface area contributed by atoms with E-state index >= 15 is 0 Å². The molecule has 0 saturated heterocycles. The predicted octanol–water partition coefficient (Wildman–Crippen LogP) is 7.24. The van der Waals surface area contributed by atoms with Gasteiger partial charge in [0, 0.05) is 48.6 Å². The maximum absolute atomic E-state index is 13.8. The predicted molar refractivity (Wildman–Crippen MR) is 161 cm³/mol. The van der Waals surface area contributed by atoms with Crippen molar-refractivity contribution < 1.29 is 14.3 Å². The lowest BCUT2D eigenvalue weighted by atomic mass is 9.88. The van der Waals surface area contributed by atoms with Crippen molar-refractivity contribution in [3.05, 3.63) is 88.5 Å². The number of amides is 1. The number of anilines is 2. The molecule has 1 saturated carbocycles. The molecule has 0 bridgehead atoms. The van der Waals surface area contributed by atoms with Crippen LogP contribution < -0.4 is 9.80 Å². The summed E-state index contributed by atoms with van der Waals surface area (Å²) in [5, 5.41) is 10.6. The van der Waals surface area contributed by atoms with Gasteiger partial charge in [-0.05, 0) is 60.4 Å². The van der Waals surface area contributed by atoms with Crippen LogP contribution in [0.1, 0.15) is 48.8 Å². The average molecular weight is 556 g/mol. The van der Waals surface area contributed by atoms with Gasteiger partial charge in [0.05, 0.1) is 30.3 Å².